The van der Waals surface area contributed by atoms with Crippen LogP contribution in [0.4, 0.5) is 0 Å². The number of hydrogen-bond acceptors (Lipinski definition) is 3. The number of fused-ring (bicyclic) bond motifs is 5. The van der Waals surface area contributed by atoms with Crippen LogP contribution in [0.15, 0.2) is 46.9 Å². The van der Waals surface area contributed by atoms with E-state index in [1.54, 1.807) is 12.1 Å². The Bertz CT molecular complexity index is 1140. The molecule has 0 saturated carbocycles. The lowest BCUT2D eigenvalue weighted by molar-refractivity contribution is 0.106. The van der Waals surface area contributed by atoms with Gasteiger partial charge in [-0.05, 0) is 66.6 Å². The summed E-state index contributed by atoms with van der Waals surface area (Å²) in [6, 6.07) is 7.78. The topological polar surface area (TPSA) is 50.4 Å². The molecule has 0 unspecified atom stereocenters. The van der Waals surface area contributed by atoms with Gasteiger partial charge in [0.15, 0.2) is 0 Å². The second-order valence-corrected chi connectivity index (χ2v) is 7.09. The van der Waals surface area contributed by atoms with E-state index >= 15 is 0 Å². The number of aliphatic hydroxyl groups is 1. The molecule has 0 saturated heterocycles. The molecule has 26 heavy (non-hydrogen) atoms. The van der Waals surface area contributed by atoms with E-state index in [-0.39, 0.29) is 11.5 Å². The molecule has 3 aromatic rings. The minimum atomic E-state index is -0.150. The second kappa shape index (κ2) is 5.21. The molecule has 128 valence electrons. The van der Waals surface area contributed by atoms with Crippen LogP contribution < -0.4 is 0 Å². The average molecular weight is 342 g/mol. The van der Waals surface area contributed by atoms with Crippen molar-refractivity contribution in [2.24, 2.45) is 0 Å². The number of Topliss-reactive ketones (excluding diaryl/α,β-unsaturated/α-hetero) is 1. The molecule has 2 heterocycles. The first-order valence-corrected chi connectivity index (χ1v) is 8.88. The van der Waals surface area contributed by atoms with Crippen molar-refractivity contribution < 1.29 is 14.3 Å². The van der Waals surface area contributed by atoms with Gasteiger partial charge in [0.2, 0.25) is 5.78 Å². The molecule has 0 radical (unpaired) electrons. The van der Waals surface area contributed by atoms with E-state index in [1.807, 2.05) is 13.8 Å². The fourth-order valence-corrected chi connectivity index (χ4v) is 4.25. The van der Waals surface area contributed by atoms with Gasteiger partial charge >= 0.3 is 0 Å². The molecule has 2 aromatic heterocycles. The summed E-state index contributed by atoms with van der Waals surface area (Å²) in [4.78, 5) is 13.0. The first kappa shape index (κ1) is 15.2. The highest BCUT2D eigenvalue weighted by atomic mass is 16.3. The molecule has 3 heteroatoms. The quantitative estimate of drug-likeness (QED) is 0.636. The third-order valence-electron chi connectivity index (χ3n) is 5.39. The summed E-state index contributed by atoms with van der Waals surface area (Å²) < 4.78 is 5.54. The van der Waals surface area contributed by atoms with Gasteiger partial charge in [-0.15, -0.1) is 0 Å². The Kier molecular flexibility index (Phi) is 3.05. The Morgan fingerprint density at radius 1 is 0.962 bits per heavy atom. The summed E-state index contributed by atoms with van der Waals surface area (Å²) in [6.07, 6.45) is 8.72. The maximum atomic E-state index is 13.0. The first-order valence-electron chi connectivity index (χ1n) is 8.88. The number of rotatable bonds is 2. The summed E-state index contributed by atoms with van der Waals surface area (Å²) in [5.41, 5.74) is 7.73. The minimum Gasteiger partial charge on any atom is -0.506 e. The highest BCUT2D eigenvalue weighted by molar-refractivity contribution is 6.42. The van der Waals surface area contributed by atoms with Crippen molar-refractivity contribution in [3.05, 3.63) is 75.9 Å². The van der Waals surface area contributed by atoms with E-state index in [9.17, 15) is 9.90 Å². The summed E-state index contributed by atoms with van der Waals surface area (Å²) in [5, 5.41) is 10.8. The first-order chi connectivity index (χ1) is 12.6. The zero-order chi connectivity index (χ0) is 18.0. The number of benzene rings is 2. The third kappa shape index (κ3) is 1.91. The summed E-state index contributed by atoms with van der Waals surface area (Å²) in [5.74, 6) is -0.113. The number of hydrogen-bond donors (Lipinski definition) is 1. The van der Waals surface area contributed by atoms with Crippen LogP contribution in [-0.4, -0.2) is 10.9 Å². The number of carbonyl (C=O) groups is 1. The van der Waals surface area contributed by atoms with Crippen molar-refractivity contribution in [2.45, 2.75) is 26.7 Å². The summed E-state index contributed by atoms with van der Waals surface area (Å²) in [6.45, 7) is 4.00. The molecular formula is C23H18O3. The molecule has 1 N–H and O–H groups in total. The van der Waals surface area contributed by atoms with Crippen molar-refractivity contribution in [3.8, 4) is 0 Å². The lowest BCUT2D eigenvalue weighted by Gasteiger charge is -2.15. The van der Waals surface area contributed by atoms with Gasteiger partial charge in [-0.25, -0.2) is 0 Å². The molecule has 0 aliphatic heterocycles. The number of allylic oxidation sites excluding steroid dienone is 5. The molecule has 3 nitrogen and oxygen atoms in total. The van der Waals surface area contributed by atoms with Gasteiger partial charge < -0.3 is 9.52 Å². The highest BCUT2D eigenvalue weighted by Gasteiger charge is 2.38. The van der Waals surface area contributed by atoms with Crippen molar-refractivity contribution in [3.63, 3.8) is 0 Å². The zero-order valence-electron chi connectivity index (χ0n) is 14.7. The minimum absolute atomic E-state index is 0.0371. The molecule has 2 aliphatic carbocycles. The zero-order valence-corrected chi connectivity index (χ0v) is 14.7. The van der Waals surface area contributed by atoms with Crippen molar-refractivity contribution in [2.75, 3.05) is 0 Å². The lowest BCUT2D eigenvalue weighted by atomic mass is 9.88. The molecule has 0 fully saturated rings. The van der Waals surface area contributed by atoms with E-state index in [4.69, 9.17) is 4.42 Å². The van der Waals surface area contributed by atoms with Gasteiger partial charge in [0.1, 0.15) is 16.9 Å². The predicted octanol–water partition coefficient (Wildman–Crippen LogP) is 5.84. The number of carbonyl (C=O) groups excluding carboxylic acids is 1. The largest absolute Gasteiger partial charge is 0.506 e. The van der Waals surface area contributed by atoms with Crippen LogP contribution in [0, 0.1) is 13.8 Å². The lowest BCUT2D eigenvalue weighted by Crippen LogP contribution is -2.03. The van der Waals surface area contributed by atoms with Crippen LogP contribution in [0.3, 0.4) is 0 Å². The molecule has 0 spiro atoms. The average Bonchev–Trinajstić information content (AvgIpc) is 3.31. The van der Waals surface area contributed by atoms with Crippen LogP contribution >= 0.6 is 0 Å². The Morgan fingerprint density at radius 3 is 2.27 bits per heavy atom. The molecule has 5 rings (SSSR count). The van der Waals surface area contributed by atoms with Gasteiger partial charge in [-0.3, -0.25) is 4.79 Å². The highest BCUT2D eigenvalue weighted by Crippen LogP contribution is 2.45. The van der Waals surface area contributed by atoms with E-state index < -0.39 is 0 Å². The Labute approximate surface area is 151 Å². The molecular weight excluding hydrogens is 324 g/mol. The molecule has 1 aromatic carbocycles. The van der Waals surface area contributed by atoms with E-state index in [2.05, 4.69) is 30.4 Å². The number of aryl methyl sites for hydroxylation is 2. The molecule has 2 bridgehead atoms. The Balaban J connectivity index is 1.67. The Morgan fingerprint density at radius 2 is 1.65 bits per heavy atom. The monoisotopic (exact) mass is 342 g/mol. The maximum absolute atomic E-state index is 13.0. The van der Waals surface area contributed by atoms with Gasteiger partial charge in [-0.1, -0.05) is 30.4 Å². The standard InChI is InChI=1S/C23H18O3/c1-12-10-15(14-6-4-3-5-7-14)11-13(2)18(12)21-22(24)19-16-8-9-17(26-16)20(19)23(21)25/h4,6-11,24H,3,5H2,1-2H3. The van der Waals surface area contributed by atoms with Crippen molar-refractivity contribution in [1.29, 1.82) is 0 Å². The SMILES string of the molecule is Cc1cc(C2=CCCC=C2)cc(C)c1C1=C(O)c2c(c3ccc2o3)C1=O. The van der Waals surface area contributed by atoms with Gasteiger partial charge in [-0.2, -0.15) is 0 Å². The van der Waals surface area contributed by atoms with E-state index in [0.717, 1.165) is 35.1 Å². The smallest absolute Gasteiger partial charge is 0.202 e. The fourth-order valence-electron chi connectivity index (χ4n) is 4.25. The maximum Gasteiger partial charge on any atom is 0.202 e. The van der Waals surface area contributed by atoms with Gasteiger partial charge in [0.25, 0.3) is 0 Å². The van der Waals surface area contributed by atoms with Gasteiger partial charge in [0.05, 0.1) is 16.7 Å². The summed E-state index contributed by atoms with van der Waals surface area (Å²) >= 11 is 0. The normalized spacial score (nSPS) is 16.7. The molecule has 0 atom stereocenters. The van der Waals surface area contributed by atoms with Crippen LogP contribution in [0.5, 0.6) is 0 Å². The van der Waals surface area contributed by atoms with Crippen LogP contribution in [-0.2, 0) is 0 Å². The molecule has 2 aliphatic rings. The number of aliphatic hydroxyl groups excluding tert-OH is 1. The Hall–Kier alpha value is -3.07. The predicted molar refractivity (Wildman–Crippen MR) is 103 cm³/mol. The van der Waals surface area contributed by atoms with E-state index in [1.165, 1.54) is 5.57 Å². The van der Waals surface area contributed by atoms with Crippen LogP contribution in [0.25, 0.3) is 28.1 Å². The van der Waals surface area contributed by atoms with E-state index in [0.29, 0.717) is 27.9 Å². The van der Waals surface area contributed by atoms with Crippen LogP contribution in [0.2, 0.25) is 0 Å². The number of ketones is 1. The third-order valence-corrected chi connectivity index (χ3v) is 5.39. The van der Waals surface area contributed by atoms with Crippen LogP contribution in [0.1, 0.15) is 51.0 Å². The number of furan rings is 2. The fraction of sp³-hybridized carbons (Fsp3) is 0.174. The van der Waals surface area contributed by atoms with Crippen molar-refractivity contribution in [1.82, 2.24) is 0 Å². The second-order valence-electron chi connectivity index (χ2n) is 7.09. The van der Waals surface area contributed by atoms with Crippen molar-refractivity contribution >= 4 is 33.9 Å². The van der Waals surface area contributed by atoms with Gasteiger partial charge in [0, 0.05) is 0 Å². The molecule has 0 amide bonds. The summed E-state index contributed by atoms with van der Waals surface area (Å²) in [7, 11) is 0.